The Balaban J connectivity index is 2.73. The third-order valence-electron chi connectivity index (χ3n) is 2.73. The number of nitrogens with zero attached hydrogens (tertiary/aromatic N) is 2. The van der Waals surface area contributed by atoms with Crippen molar-refractivity contribution in [2.24, 2.45) is 0 Å². The van der Waals surface area contributed by atoms with Crippen molar-refractivity contribution in [3.63, 3.8) is 0 Å². The van der Waals surface area contributed by atoms with E-state index >= 15 is 0 Å². The van der Waals surface area contributed by atoms with E-state index in [9.17, 15) is 9.13 Å². The lowest BCUT2D eigenvalue weighted by atomic mass is 10.6. The van der Waals surface area contributed by atoms with Crippen molar-refractivity contribution in [3.05, 3.63) is 18.5 Å². The van der Waals surface area contributed by atoms with E-state index < -0.39 is 15.0 Å². The molecule has 0 fully saturated rings. The fourth-order valence-electron chi connectivity index (χ4n) is 1.93. The van der Waals surface area contributed by atoms with E-state index in [0.717, 1.165) is 0 Å². The largest absolute Gasteiger partial charge is 0.330 e. The summed E-state index contributed by atoms with van der Waals surface area (Å²) in [5.41, 5.74) is 0.194. The van der Waals surface area contributed by atoms with Gasteiger partial charge in [-0.2, -0.15) is 0 Å². The summed E-state index contributed by atoms with van der Waals surface area (Å²) in [5.74, 6) is 0. The van der Waals surface area contributed by atoms with E-state index in [0.29, 0.717) is 26.2 Å². The summed E-state index contributed by atoms with van der Waals surface area (Å²) in [7, 11) is -6.28. The molecule has 126 valence electrons. The highest BCUT2D eigenvalue weighted by Crippen LogP contribution is 2.51. The van der Waals surface area contributed by atoms with Crippen LogP contribution in [0.15, 0.2) is 18.5 Å². The standard InChI is InChI=1S/C13H24N2O5P2/c1-4-18-21(16,13-14-9-7-10-15-13)11-8-12-22(17,19-5-2)20-6-3/h7,9-10H,4-6,8,11-12H2,1-3H3. The molecule has 0 spiro atoms. The van der Waals surface area contributed by atoms with Crippen LogP contribution in [0.2, 0.25) is 0 Å². The zero-order valence-electron chi connectivity index (χ0n) is 13.3. The summed E-state index contributed by atoms with van der Waals surface area (Å²) in [5, 5.41) is 0. The van der Waals surface area contributed by atoms with Gasteiger partial charge in [0.2, 0.25) is 5.57 Å². The molecular weight excluding hydrogens is 326 g/mol. The molecule has 0 saturated heterocycles. The Morgan fingerprint density at radius 1 is 0.909 bits per heavy atom. The van der Waals surface area contributed by atoms with E-state index in [1.54, 1.807) is 26.8 Å². The second-order valence-electron chi connectivity index (χ2n) is 4.39. The van der Waals surface area contributed by atoms with Gasteiger partial charge in [-0.15, -0.1) is 0 Å². The Bertz CT molecular complexity index is 516. The molecule has 1 aromatic heterocycles. The van der Waals surface area contributed by atoms with Crippen molar-refractivity contribution in [3.8, 4) is 0 Å². The number of hydrogen-bond donors (Lipinski definition) is 0. The molecular formula is C13H24N2O5P2. The lowest BCUT2D eigenvalue weighted by Gasteiger charge is -2.19. The fourth-order valence-corrected chi connectivity index (χ4v) is 5.77. The van der Waals surface area contributed by atoms with E-state index in [1.165, 1.54) is 12.4 Å². The fraction of sp³-hybridized carbons (Fsp3) is 0.692. The zero-order valence-corrected chi connectivity index (χ0v) is 15.1. The van der Waals surface area contributed by atoms with Crippen molar-refractivity contribution in [2.45, 2.75) is 27.2 Å². The summed E-state index contributed by atoms with van der Waals surface area (Å²) in [6, 6.07) is 1.65. The van der Waals surface area contributed by atoms with Gasteiger partial charge in [0.15, 0.2) is 0 Å². The van der Waals surface area contributed by atoms with Crippen LogP contribution in [0.25, 0.3) is 0 Å². The molecule has 22 heavy (non-hydrogen) atoms. The van der Waals surface area contributed by atoms with Crippen molar-refractivity contribution in [1.29, 1.82) is 0 Å². The molecule has 0 bridgehead atoms. The minimum atomic E-state index is -3.15. The number of hydrogen-bond acceptors (Lipinski definition) is 7. The molecule has 0 saturated carbocycles. The monoisotopic (exact) mass is 350 g/mol. The molecule has 1 rings (SSSR count). The van der Waals surface area contributed by atoms with E-state index in [4.69, 9.17) is 13.6 Å². The van der Waals surface area contributed by atoms with Crippen LogP contribution in [0, 0.1) is 0 Å². The van der Waals surface area contributed by atoms with Crippen LogP contribution in [0.1, 0.15) is 27.2 Å². The number of rotatable bonds is 11. The van der Waals surface area contributed by atoms with Crippen LogP contribution in [0.5, 0.6) is 0 Å². The maximum absolute atomic E-state index is 12.9. The topological polar surface area (TPSA) is 87.6 Å². The predicted molar refractivity (Wildman–Crippen MR) is 86.1 cm³/mol. The molecule has 0 aliphatic rings. The molecule has 9 heteroatoms. The first-order chi connectivity index (χ1) is 10.5. The van der Waals surface area contributed by atoms with E-state index in [1.807, 2.05) is 0 Å². The zero-order chi connectivity index (χ0) is 16.5. The predicted octanol–water partition coefficient (Wildman–Crippen LogP) is 3.07. The molecule has 1 atom stereocenters. The van der Waals surface area contributed by atoms with Gasteiger partial charge in [0.25, 0.3) is 7.37 Å². The van der Waals surface area contributed by atoms with E-state index in [-0.39, 0.29) is 17.9 Å². The molecule has 1 unspecified atom stereocenters. The lowest BCUT2D eigenvalue weighted by Crippen LogP contribution is -2.18. The third-order valence-corrected chi connectivity index (χ3v) is 7.32. The molecule has 0 N–H and O–H groups in total. The Morgan fingerprint density at radius 3 is 1.95 bits per heavy atom. The summed E-state index contributed by atoms with van der Waals surface area (Å²) >= 11 is 0. The van der Waals surface area contributed by atoms with Gasteiger partial charge in [-0.25, -0.2) is 9.97 Å². The first-order valence-corrected chi connectivity index (χ1v) is 10.9. The van der Waals surface area contributed by atoms with Crippen LogP contribution < -0.4 is 5.57 Å². The second-order valence-corrected chi connectivity index (χ2v) is 9.02. The van der Waals surface area contributed by atoms with Gasteiger partial charge in [-0.1, -0.05) is 0 Å². The smallest absolute Gasteiger partial charge is 0.323 e. The van der Waals surface area contributed by atoms with Crippen LogP contribution in [0.3, 0.4) is 0 Å². The van der Waals surface area contributed by atoms with Crippen LogP contribution in [0.4, 0.5) is 0 Å². The van der Waals surface area contributed by atoms with Gasteiger partial charge in [0.1, 0.15) is 0 Å². The van der Waals surface area contributed by atoms with Crippen molar-refractivity contribution >= 4 is 20.5 Å². The van der Waals surface area contributed by atoms with Crippen molar-refractivity contribution in [2.75, 3.05) is 32.1 Å². The molecule has 0 radical (unpaired) electrons. The van der Waals surface area contributed by atoms with Crippen molar-refractivity contribution < 1.29 is 22.7 Å². The Kier molecular flexibility index (Phi) is 8.44. The van der Waals surface area contributed by atoms with Gasteiger partial charge < -0.3 is 13.6 Å². The molecule has 7 nitrogen and oxygen atoms in total. The minimum absolute atomic E-state index is 0.193. The van der Waals surface area contributed by atoms with E-state index in [2.05, 4.69) is 9.97 Å². The van der Waals surface area contributed by atoms with Gasteiger partial charge in [-0.3, -0.25) is 9.13 Å². The first-order valence-electron chi connectivity index (χ1n) is 7.39. The Labute approximate surface area is 131 Å². The SMILES string of the molecule is CCOP(=O)(CCCP(=O)(OCC)c1ncccn1)OCC. The molecule has 0 aromatic carbocycles. The minimum Gasteiger partial charge on any atom is -0.323 e. The van der Waals surface area contributed by atoms with Gasteiger partial charge in [-0.05, 0) is 33.3 Å². The molecule has 1 heterocycles. The second kappa shape index (κ2) is 9.53. The van der Waals surface area contributed by atoms with Gasteiger partial charge in [0.05, 0.1) is 26.0 Å². The number of aromatic nitrogens is 2. The van der Waals surface area contributed by atoms with Crippen LogP contribution in [-0.2, 0) is 22.7 Å². The Morgan fingerprint density at radius 2 is 1.45 bits per heavy atom. The average Bonchev–Trinajstić information content (AvgIpc) is 2.49. The molecule has 0 aliphatic carbocycles. The quantitative estimate of drug-likeness (QED) is 0.567. The maximum atomic E-state index is 12.9. The third kappa shape index (κ3) is 5.90. The highest BCUT2D eigenvalue weighted by atomic mass is 31.2. The summed E-state index contributed by atoms with van der Waals surface area (Å²) in [6.07, 6.45) is 3.83. The normalized spacial score (nSPS) is 14.7. The molecule has 0 amide bonds. The molecule has 1 aromatic rings. The first kappa shape index (κ1) is 19.5. The Hall–Kier alpha value is -0.580. The van der Waals surface area contributed by atoms with Gasteiger partial charge >= 0.3 is 7.60 Å². The summed E-state index contributed by atoms with van der Waals surface area (Å²) in [4.78, 5) is 8.05. The van der Waals surface area contributed by atoms with Crippen LogP contribution in [-0.4, -0.2) is 42.1 Å². The highest BCUT2D eigenvalue weighted by Gasteiger charge is 2.31. The average molecular weight is 350 g/mol. The molecule has 0 aliphatic heterocycles. The lowest BCUT2D eigenvalue weighted by molar-refractivity contribution is 0.220. The highest BCUT2D eigenvalue weighted by molar-refractivity contribution is 7.66. The van der Waals surface area contributed by atoms with Crippen LogP contribution >= 0.6 is 15.0 Å². The van der Waals surface area contributed by atoms with Crippen molar-refractivity contribution in [1.82, 2.24) is 9.97 Å². The summed E-state index contributed by atoms with van der Waals surface area (Å²) < 4.78 is 41.1. The summed E-state index contributed by atoms with van der Waals surface area (Å²) in [6.45, 7) is 6.19. The maximum Gasteiger partial charge on any atom is 0.330 e. The van der Waals surface area contributed by atoms with Gasteiger partial charge in [0, 0.05) is 18.6 Å².